The normalized spacial score (nSPS) is 39.5. The van der Waals surface area contributed by atoms with Crippen molar-refractivity contribution in [2.75, 3.05) is 92.1 Å². The molecule has 0 bridgehead atoms. The molecule has 0 aliphatic carbocycles. The predicted octanol–water partition coefficient (Wildman–Crippen LogP) is -16.0. The van der Waals surface area contributed by atoms with E-state index in [1.807, 2.05) is 0 Å². The first-order chi connectivity index (χ1) is 47.5. The fraction of sp³-hybridized carbons (Fsp3) is 0.857. The summed E-state index contributed by atoms with van der Waals surface area (Å²) < 4.78 is 67.6. The standard InChI is InChI=1S/C56H93N5O39/c62-15-21-33(72)39(78)43(82)51(92-21)90-19-25-37(76)49(98-55-45(84)41(80)35(74)23(17-64)94-55)47(86)53(96-25)88-10-8-58-28(67)13-60(12-27(66)57-7-3-1-2-4-32(71)100-61-30(69)5-6-31(61)70)14-29(68)59-9-11-89-54-48(87)50(99-56-46(85)42(81)36(75)24(18-65)95-56)38(77)26(97-54)20-91-52-44(83)40(79)34(73)22(16-63)93-52/h5-6,21-26,33-56,62-65,69-70,72-87H,1-4,7-20H2,(H,57,66)(H,58,67)(H,59,68)/t21-,22-,23-,24-,25-,26-,33-,34-,35-,36-,37-,38-,39+,40+,41+,42+,43+,44+,45+,46+,47+,48+,49+,50+,51+,52+,53+,54+,55-,56-/m1/s1. The van der Waals surface area contributed by atoms with Crippen molar-refractivity contribution in [3.8, 4) is 11.8 Å². The van der Waals surface area contributed by atoms with E-state index in [4.69, 9.17) is 61.7 Å². The number of amides is 3. The molecule has 6 fully saturated rings. The van der Waals surface area contributed by atoms with E-state index in [-0.39, 0.29) is 19.4 Å². The van der Waals surface area contributed by atoms with Crippen LogP contribution < -0.4 is 20.8 Å². The highest BCUT2D eigenvalue weighted by molar-refractivity contribution is 5.84. The average Bonchev–Trinajstić information content (AvgIpc) is 0.792. The zero-order chi connectivity index (χ0) is 73.4. The maximum absolute atomic E-state index is 13.6. The van der Waals surface area contributed by atoms with Gasteiger partial charge in [0, 0.05) is 38.2 Å². The molecule has 0 unspecified atom stereocenters. The van der Waals surface area contributed by atoms with E-state index in [2.05, 4.69) is 16.0 Å². The van der Waals surface area contributed by atoms with Gasteiger partial charge in [0.25, 0.3) is 0 Å². The number of carbonyl (C=O) groups is 4. The summed E-state index contributed by atoms with van der Waals surface area (Å²) in [6, 6.07) is 2.19. The van der Waals surface area contributed by atoms with Crippen LogP contribution in [0.3, 0.4) is 0 Å². The number of hydrogen-bond acceptors (Lipinski definition) is 40. The first-order valence-corrected chi connectivity index (χ1v) is 31.9. The van der Waals surface area contributed by atoms with Crippen LogP contribution in [0.4, 0.5) is 0 Å². The van der Waals surface area contributed by atoms with Gasteiger partial charge in [-0.3, -0.25) is 19.3 Å². The van der Waals surface area contributed by atoms with E-state index < -0.39 is 305 Å². The van der Waals surface area contributed by atoms with Gasteiger partial charge in [-0.15, -0.1) is 4.73 Å². The molecule has 0 aromatic carbocycles. The summed E-state index contributed by atoms with van der Waals surface area (Å²) in [7, 11) is 0. The maximum atomic E-state index is 13.6. The SMILES string of the molecule is O=C(CN(CC(=O)NCCO[C@H]1O[C@H](CO[C@H]2O[C@H](CO)[C@@H](O)[C@H](O)[C@@H]2O)[C@@H](O)[C@H](O[C@H]2O[C@H](CO)[C@@H](O)[C@H](O)[C@@H]2O)[C@@H]1O)CC(=O)NCCO[C@H]1O[C@H](CO[C@H]2O[C@H](CO)[C@@H](O)[C@H](O)[C@@H]2O)[C@@H](O)[C@H](O[C@H]2O[C@H](CO)[C@@H](O)[C@H](O)[C@@H]2O)[C@@H]1O)NCCCCCC(=O)On1c(O)ccc1O. The third-order valence-electron chi connectivity index (χ3n) is 17.0. The Morgan fingerprint density at radius 2 is 0.700 bits per heavy atom. The number of rotatable bonds is 35. The molecule has 576 valence electrons. The minimum Gasteiger partial charge on any atom is -0.492 e. The molecule has 30 atom stereocenters. The lowest BCUT2D eigenvalue weighted by molar-refractivity contribution is -0.366. The largest absolute Gasteiger partial charge is 0.492 e. The molecule has 6 aliphatic heterocycles. The van der Waals surface area contributed by atoms with Crippen molar-refractivity contribution in [3.05, 3.63) is 12.1 Å². The molecule has 25 N–H and O–H groups in total. The van der Waals surface area contributed by atoms with Gasteiger partial charge in [-0.2, -0.15) is 0 Å². The van der Waals surface area contributed by atoms with Crippen LogP contribution in [0.25, 0.3) is 0 Å². The lowest BCUT2D eigenvalue weighted by Gasteiger charge is -2.46. The molecule has 44 nitrogen and oxygen atoms in total. The Labute approximate surface area is 567 Å². The fourth-order valence-corrected chi connectivity index (χ4v) is 11.3. The molecule has 7 rings (SSSR count). The van der Waals surface area contributed by atoms with Crippen LogP contribution in [0.15, 0.2) is 12.1 Å². The van der Waals surface area contributed by atoms with Crippen LogP contribution in [-0.4, -0.2) is 422 Å². The van der Waals surface area contributed by atoms with Crippen LogP contribution in [0.2, 0.25) is 0 Å². The Bertz CT molecular complexity index is 2510. The van der Waals surface area contributed by atoms with Gasteiger partial charge in [-0.05, 0) is 12.8 Å². The fourth-order valence-electron chi connectivity index (χ4n) is 11.3. The lowest BCUT2D eigenvalue weighted by Crippen LogP contribution is -2.65. The molecule has 1 aromatic rings. The quantitative estimate of drug-likeness (QED) is 0.0281. The molecule has 1 aromatic heterocycles. The number of nitrogens with one attached hydrogen (secondary N) is 3. The summed E-state index contributed by atoms with van der Waals surface area (Å²) in [5, 5.41) is 237. The number of aromatic hydroxyl groups is 2. The van der Waals surface area contributed by atoms with Crippen molar-refractivity contribution in [2.45, 2.75) is 210 Å². The van der Waals surface area contributed by atoms with Crippen LogP contribution in [0, 0.1) is 0 Å². The smallest absolute Gasteiger partial charge is 0.333 e. The first kappa shape index (κ1) is 82.7. The van der Waals surface area contributed by atoms with Crippen LogP contribution in [0.5, 0.6) is 11.8 Å². The van der Waals surface area contributed by atoms with Crippen molar-refractivity contribution in [1.82, 2.24) is 25.6 Å². The van der Waals surface area contributed by atoms with Gasteiger partial charge in [0.15, 0.2) is 37.7 Å². The monoisotopic (exact) mass is 1460 g/mol. The summed E-state index contributed by atoms with van der Waals surface area (Å²) in [6.45, 7) is -8.97. The third-order valence-corrected chi connectivity index (χ3v) is 17.0. The predicted molar refractivity (Wildman–Crippen MR) is 313 cm³/mol. The molecule has 6 aliphatic rings. The Hall–Kier alpha value is -4.56. The van der Waals surface area contributed by atoms with E-state index in [9.17, 15) is 132 Å². The second-order valence-electron chi connectivity index (χ2n) is 24.3. The molecule has 44 heteroatoms. The zero-order valence-corrected chi connectivity index (χ0v) is 53.4. The van der Waals surface area contributed by atoms with Gasteiger partial charge in [0.05, 0.1) is 72.5 Å². The van der Waals surface area contributed by atoms with Gasteiger partial charge in [-0.25, -0.2) is 4.79 Å². The number of aliphatic hydroxyl groups is 20. The molecule has 100 heavy (non-hydrogen) atoms. The number of aliphatic hydroxyl groups excluding tert-OH is 20. The average molecular weight is 1460 g/mol. The highest BCUT2D eigenvalue weighted by Crippen LogP contribution is 2.34. The molecular weight excluding hydrogens is 1370 g/mol. The third kappa shape index (κ3) is 21.3. The van der Waals surface area contributed by atoms with Crippen LogP contribution >= 0.6 is 0 Å². The second kappa shape index (κ2) is 39.0. The van der Waals surface area contributed by atoms with E-state index in [0.29, 0.717) is 17.6 Å². The van der Waals surface area contributed by atoms with Gasteiger partial charge < -0.3 is 190 Å². The molecule has 6 saturated heterocycles. The van der Waals surface area contributed by atoms with E-state index in [0.717, 1.165) is 17.0 Å². The van der Waals surface area contributed by atoms with Crippen LogP contribution in [0.1, 0.15) is 25.7 Å². The Morgan fingerprint density at radius 1 is 0.380 bits per heavy atom. The van der Waals surface area contributed by atoms with Crippen molar-refractivity contribution in [3.63, 3.8) is 0 Å². The van der Waals surface area contributed by atoms with Gasteiger partial charge in [-0.1, -0.05) is 6.42 Å². The van der Waals surface area contributed by atoms with Gasteiger partial charge in [0.1, 0.15) is 146 Å². The van der Waals surface area contributed by atoms with E-state index >= 15 is 0 Å². The van der Waals surface area contributed by atoms with Gasteiger partial charge >= 0.3 is 5.97 Å². The van der Waals surface area contributed by atoms with E-state index in [1.54, 1.807) is 0 Å². The molecular formula is C56H93N5O39. The van der Waals surface area contributed by atoms with Crippen molar-refractivity contribution in [1.29, 1.82) is 0 Å². The summed E-state index contributed by atoms with van der Waals surface area (Å²) in [6.07, 6.45) is -54.3. The molecule has 7 heterocycles. The highest BCUT2D eigenvalue weighted by Gasteiger charge is 2.55. The number of carbonyl (C=O) groups excluding carboxylic acids is 4. The zero-order valence-electron chi connectivity index (χ0n) is 53.4. The number of nitrogens with zero attached hydrogens (tertiary/aromatic N) is 2. The minimum atomic E-state index is -2.05. The van der Waals surface area contributed by atoms with Gasteiger partial charge in [0.2, 0.25) is 29.5 Å². The topological polar surface area (TPSA) is 678 Å². The molecule has 0 saturated carbocycles. The first-order valence-electron chi connectivity index (χ1n) is 31.9. The lowest BCUT2D eigenvalue weighted by atomic mass is 9.96. The van der Waals surface area contributed by atoms with Crippen LogP contribution in [-0.2, 0) is 76.0 Å². The van der Waals surface area contributed by atoms with Crippen molar-refractivity contribution in [2.24, 2.45) is 0 Å². The maximum Gasteiger partial charge on any atom is 0.333 e. The number of unbranched alkanes of at least 4 members (excludes halogenated alkanes) is 2. The number of hydrogen-bond donors (Lipinski definition) is 25. The summed E-state index contributed by atoms with van der Waals surface area (Å²) in [4.78, 5) is 58.8. The Balaban J connectivity index is 0.975. The Kier molecular flexibility index (Phi) is 32.2. The minimum absolute atomic E-state index is 0.0243. The summed E-state index contributed by atoms with van der Waals surface area (Å²) in [5.41, 5.74) is 0. The summed E-state index contributed by atoms with van der Waals surface area (Å²) in [5.74, 6) is -4.27. The molecule has 0 radical (unpaired) electrons. The van der Waals surface area contributed by atoms with Crippen molar-refractivity contribution < 1.29 is 193 Å². The molecule has 0 spiro atoms. The Morgan fingerprint density at radius 3 is 1.06 bits per heavy atom. The van der Waals surface area contributed by atoms with Crippen molar-refractivity contribution >= 4 is 23.7 Å². The molecule has 3 amide bonds. The number of aromatic nitrogens is 1. The summed E-state index contributed by atoms with van der Waals surface area (Å²) >= 11 is 0. The highest BCUT2D eigenvalue weighted by atomic mass is 16.8. The second-order valence-corrected chi connectivity index (χ2v) is 24.3. The van der Waals surface area contributed by atoms with E-state index in [1.165, 1.54) is 0 Å². The number of ether oxygens (including phenoxy) is 12.